The Labute approximate surface area is 182 Å². The Balaban J connectivity index is 1.70. The maximum atomic E-state index is 11.8. The molecule has 0 amide bonds. The summed E-state index contributed by atoms with van der Waals surface area (Å²) in [6.45, 7) is -0.934. The van der Waals surface area contributed by atoms with Crippen molar-refractivity contribution >= 4 is 46.4 Å². The maximum Gasteiger partial charge on any atom is 0.490 e. The second-order valence-electron chi connectivity index (χ2n) is 6.14. The third kappa shape index (κ3) is 6.00. The number of rotatable bonds is 9. The average Bonchev–Trinajstić information content (AvgIpc) is 3.19. The number of ether oxygens (including phenoxy) is 1. The predicted octanol–water partition coefficient (Wildman–Crippen LogP) is -0.489. The molecule has 3 rings (SSSR count). The summed E-state index contributed by atoms with van der Waals surface area (Å²) in [5, 5.41) is 21.1. The molecule has 0 radical (unpaired) electrons. The molecule has 1 saturated heterocycles. The van der Waals surface area contributed by atoms with Gasteiger partial charge in [0.25, 0.3) is 0 Å². The molecule has 21 heteroatoms. The standard InChI is InChI=1S/C11H17N4O13P3S/c1-32-10-6-9(12-3-13-10)15(4-14-6)11-8(17)7(16)5(26-11)2-25-30(21,22)28-31(23,24)27-29(18,19)20/h3-5,7-8,11,16-17H,2H2,1H3,(H,21,22)(H,23,24)(H2,18,19,20)/t5-,7-,8-,11-/m1/s1/i6+1,9+1,14+1. The van der Waals surface area contributed by atoms with E-state index in [-0.39, 0.29) is 5.65 Å². The van der Waals surface area contributed by atoms with E-state index in [1.165, 1.54) is 29.0 Å². The van der Waals surface area contributed by atoms with Gasteiger partial charge in [-0.1, -0.05) is 0 Å². The lowest BCUT2D eigenvalue weighted by molar-refractivity contribution is -0.0503. The summed E-state index contributed by atoms with van der Waals surface area (Å²) in [5.74, 6) is 0. The van der Waals surface area contributed by atoms with Crippen LogP contribution in [0.15, 0.2) is 17.7 Å². The lowest BCUT2D eigenvalue weighted by atomic mass is 10.1. The molecule has 1 aliphatic rings. The number of phosphoric acid groups is 3. The summed E-state index contributed by atoms with van der Waals surface area (Å²) in [6.07, 6.45) is -1.57. The highest BCUT2D eigenvalue weighted by atomic mass is 32.2. The summed E-state index contributed by atoms with van der Waals surface area (Å²) in [4.78, 5) is 47.9. The summed E-state index contributed by atoms with van der Waals surface area (Å²) >= 11 is 1.30. The van der Waals surface area contributed by atoms with Crippen LogP contribution >= 0.6 is 35.2 Å². The van der Waals surface area contributed by atoms with Crippen molar-refractivity contribution in [2.24, 2.45) is 0 Å². The highest BCUT2D eigenvalue weighted by Gasteiger charge is 2.47. The van der Waals surface area contributed by atoms with Gasteiger partial charge in [-0.05, 0) is 6.26 Å². The third-order valence-corrected chi connectivity index (χ3v) is 8.44. The molecule has 0 aromatic carbocycles. The zero-order valence-electron chi connectivity index (χ0n) is 15.8. The van der Waals surface area contributed by atoms with E-state index in [2.05, 4.69) is 28.1 Å². The zero-order valence-corrected chi connectivity index (χ0v) is 19.3. The molecular weight excluding hydrogens is 524 g/mol. The second kappa shape index (κ2) is 9.44. The molecule has 32 heavy (non-hydrogen) atoms. The Morgan fingerprint density at radius 1 is 1.06 bits per heavy atom. The van der Waals surface area contributed by atoms with Crippen LogP contribution in [0.2, 0.25) is 0 Å². The smallest absolute Gasteiger partial charge is 0.387 e. The fourth-order valence-electron chi connectivity index (χ4n) is 2.73. The minimum absolute atomic E-state index is 0.272. The lowest BCUT2D eigenvalue weighted by Crippen LogP contribution is -2.33. The maximum absolute atomic E-state index is 11.8. The van der Waals surface area contributed by atoms with Crippen molar-refractivity contribution < 1.29 is 61.4 Å². The van der Waals surface area contributed by atoms with Gasteiger partial charge in [0, 0.05) is 0 Å². The van der Waals surface area contributed by atoms with Crippen LogP contribution in [0.25, 0.3) is 11.2 Å². The highest BCUT2D eigenvalue weighted by molar-refractivity contribution is 7.98. The molecule has 17 nitrogen and oxygen atoms in total. The van der Waals surface area contributed by atoms with Crippen molar-refractivity contribution in [3.05, 3.63) is 12.7 Å². The van der Waals surface area contributed by atoms with Crippen LogP contribution in [0.4, 0.5) is 0 Å². The van der Waals surface area contributed by atoms with Gasteiger partial charge in [-0.2, -0.15) is 8.62 Å². The molecular formula is C11H17N4O13P3S. The molecule has 2 unspecified atom stereocenters. The number of fused-ring (bicyclic) bond motifs is 1. The SMILES string of the molecule is CSc1ncn[13c]2[13c]1[15n]cn2[C@@H]1O[C@H](COP(=O)(O)OP(=O)(O)OP(=O)(O)O)[C@@H](O)[C@H]1O. The van der Waals surface area contributed by atoms with E-state index in [4.69, 9.17) is 19.4 Å². The molecule has 2 aromatic rings. The van der Waals surface area contributed by atoms with Crippen molar-refractivity contribution in [2.45, 2.75) is 29.6 Å². The number of hydrogen-bond acceptors (Lipinski definition) is 13. The predicted molar refractivity (Wildman–Crippen MR) is 103 cm³/mol. The molecule has 0 saturated carbocycles. The van der Waals surface area contributed by atoms with Gasteiger partial charge >= 0.3 is 23.5 Å². The van der Waals surface area contributed by atoms with Crippen LogP contribution in [0.5, 0.6) is 0 Å². The van der Waals surface area contributed by atoms with Crippen LogP contribution in [0.3, 0.4) is 0 Å². The van der Waals surface area contributed by atoms with Crippen LogP contribution in [0.1, 0.15) is 6.23 Å². The minimum Gasteiger partial charge on any atom is -0.387 e. The molecule has 0 spiro atoms. The van der Waals surface area contributed by atoms with Gasteiger partial charge in [-0.25, -0.2) is 28.6 Å². The fraction of sp³-hybridized carbons (Fsp3) is 0.545. The summed E-state index contributed by atoms with van der Waals surface area (Å²) in [6, 6.07) is 0. The van der Waals surface area contributed by atoms with Crippen molar-refractivity contribution in [1.29, 1.82) is 0 Å². The number of aliphatic hydroxyl groups excluding tert-OH is 2. The highest BCUT2D eigenvalue weighted by Crippen LogP contribution is 2.66. The Hall–Kier alpha value is -0.810. The Morgan fingerprint density at radius 3 is 2.38 bits per heavy atom. The van der Waals surface area contributed by atoms with Crippen LogP contribution < -0.4 is 0 Å². The van der Waals surface area contributed by atoms with Gasteiger partial charge in [-0.15, -0.1) is 11.8 Å². The quantitative estimate of drug-likeness (QED) is 0.133. The molecule has 1 fully saturated rings. The molecule has 6 N–H and O–H groups in total. The lowest BCUT2D eigenvalue weighted by Gasteiger charge is -2.19. The first-order valence-corrected chi connectivity index (χ1v) is 14.0. The van der Waals surface area contributed by atoms with Gasteiger partial charge in [0.2, 0.25) is 0 Å². The van der Waals surface area contributed by atoms with Crippen LogP contribution in [-0.4, -0.2) is 80.5 Å². The van der Waals surface area contributed by atoms with Gasteiger partial charge in [-0.3, -0.25) is 9.09 Å². The Morgan fingerprint density at radius 2 is 1.75 bits per heavy atom. The largest absolute Gasteiger partial charge is 0.490 e. The summed E-state index contributed by atoms with van der Waals surface area (Å²) in [5.41, 5.74) is 0.677. The number of aliphatic hydroxyl groups is 2. The second-order valence-corrected chi connectivity index (χ2v) is 11.4. The van der Waals surface area contributed by atoms with Crippen molar-refractivity contribution in [3.8, 4) is 0 Å². The van der Waals surface area contributed by atoms with E-state index in [0.29, 0.717) is 10.5 Å². The number of nitrogens with zero attached hydrogens (tertiary/aromatic N) is 4. The zero-order chi connectivity index (χ0) is 23.9. The van der Waals surface area contributed by atoms with E-state index < -0.39 is 54.6 Å². The number of imidazole rings is 1. The first-order valence-electron chi connectivity index (χ1n) is 8.24. The minimum atomic E-state index is -5.69. The van der Waals surface area contributed by atoms with Crippen LogP contribution in [-0.2, 0) is 31.6 Å². The normalized spacial score (nSPS) is 28.0. The van der Waals surface area contributed by atoms with E-state index >= 15 is 0 Å². The van der Waals surface area contributed by atoms with E-state index in [1.807, 2.05) is 0 Å². The van der Waals surface area contributed by atoms with Gasteiger partial charge in [0.15, 0.2) is 11.9 Å². The van der Waals surface area contributed by atoms with Crippen molar-refractivity contribution in [3.63, 3.8) is 0 Å². The molecule has 180 valence electrons. The topological polar surface area (TPSA) is 253 Å². The van der Waals surface area contributed by atoms with Crippen molar-refractivity contribution in [2.75, 3.05) is 12.9 Å². The number of aromatic nitrogens is 4. The van der Waals surface area contributed by atoms with E-state index in [9.17, 15) is 28.8 Å². The first kappa shape index (κ1) is 25.8. The number of thioether (sulfide) groups is 1. The molecule has 2 aromatic heterocycles. The molecule has 6 atom stereocenters. The Kier molecular flexibility index (Phi) is 7.62. The van der Waals surface area contributed by atoms with Gasteiger partial charge in [0.05, 0.1) is 12.9 Å². The van der Waals surface area contributed by atoms with E-state index in [0.717, 1.165) is 0 Å². The van der Waals surface area contributed by atoms with Crippen molar-refractivity contribution in [1.82, 2.24) is 19.5 Å². The number of phosphoric ester groups is 1. The molecule has 3 heterocycles. The van der Waals surface area contributed by atoms with Gasteiger partial charge < -0.3 is 34.5 Å². The molecule has 0 aliphatic carbocycles. The summed E-state index contributed by atoms with van der Waals surface area (Å²) in [7, 11) is -16.7. The fourth-order valence-corrected chi connectivity index (χ4v) is 6.25. The van der Waals surface area contributed by atoms with Gasteiger partial charge in [0.1, 0.15) is 35.2 Å². The molecule has 1 aliphatic heterocycles. The monoisotopic (exact) mass is 541 g/mol. The first-order chi connectivity index (χ1) is 14.7. The Bertz CT molecular complexity index is 1130. The summed E-state index contributed by atoms with van der Waals surface area (Å²) < 4.78 is 52.2. The average molecular weight is 541 g/mol. The third-order valence-electron chi connectivity index (χ3n) is 3.95. The van der Waals surface area contributed by atoms with Crippen LogP contribution in [0, 0.1) is 0 Å². The number of hydrogen-bond donors (Lipinski definition) is 6. The molecule has 0 bridgehead atoms. The van der Waals surface area contributed by atoms with E-state index in [1.54, 1.807) is 6.26 Å².